The van der Waals surface area contributed by atoms with E-state index >= 15 is 0 Å². The molecule has 0 bridgehead atoms. The van der Waals surface area contributed by atoms with E-state index in [-0.39, 0.29) is 23.9 Å². The van der Waals surface area contributed by atoms with Gasteiger partial charge in [0.05, 0.1) is 21.4 Å². The smallest absolute Gasteiger partial charge is 0.361 e. The molecule has 0 saturated heterocycles. The molecule has 3 rings (SSSR count). The summed E-state index contributed by atoms with van der Waals surface area (Å²) in [5.41, 5.74) is -0.247. The molecule has 28 heavy (non-hydrogen) atoms. The lowest BCUT2D eigenvalue weighted by atomic mass is 10.1. The zero-order chi connectivity index (χ0) is 20.3. The second kappa shape index (κ2) is 8.51. The van der Waals surface area contributed by atoms with E-state index < -0.39 is 22.7 Å². The molecule has 3 aromatic rings. The lowest BCUT2D eigenvalue weighted by Crippen LogP contribution is -2.16. The zero-order valence-electron chi connectivity index (χ0n) is 14.9. The maximum absolute atomic E-state index is 13.7. The van der Waals surface area contributed by atoms with Gasteiger partial charge in [-0.25, -0.2) is 4.21 Å². The lowest BCUT2D eigenvalue weighted by molar-refractivity contribution is -0.145. The van der Waals surface area contributed by atoms with Gasteiger partial charge in [0.1, 0.15) is 12.4 Å². The third kappa shape index (κ3) is 4.32. The number of halogens is 4. The molecule has 0 amide bonds. The molecule has 2 aromatic carbocycles. The van der Waals surface area contributed by atoms with Crippen molar-refractivity contribution in [2.24, 2.45) is 0 Å². The Labute approximate surface area is 168 Å². The summed E-state index contributed by atoms with van der Waals surface area (Å²) in [5.74, 6) is 0. The van der Waals surface area contributed by atoms with E-state index in [1.807, 2.05) is 0 Å². The Hall–Kier alpha value is -2.09. The average Bonchev–Trinajstić information content (AvgIpc) is 3.07. The van der Waals surface area contributed by atoms with Gasteiger partial charge in [-0.15, -0.1) is 0 Å². The van der Waals surface area contributed by atoms with Gasteiger partial charge in [-0.1, -0.05) is 41.9 Å². The summed E-state index contributed by atoms with van der Waals surface area (Å²) in [6.45, 7) is 1.63. The Morgan fingerprint density at radius 1 is 1.07 bits per heavy atom. The molecule has 148 valence electrons. The molecule has 0 fully saturated rings. The molecule has 0 aliphatic heterocycles. The van der Waals surface area contributed by atoms with Gasteiger partial charge in [-0.3, -0.25) is 0 Å². The molecule has 0 spiro atoms. The van der Waals surface area contributed by atoms with Crippen molar-refractivity contribution in [2.75, 3.05) is 6.61 Å². The van der Waals surface area contributed by atoms with Crippen molar-refractivity contribution in [1.82, 2.24) is 4.57 Å². The number of rotatable bonds is 6. The average molecular weight is 428 g/mol. The summed E-state index contributed by atoms with van der Waals surface area (Å²) in [7, 11) is -1.80. The van der Waals surface area contributed by atoms with Gasteiger partial charge in [-0.2, -0.15) is 13.2 Å². The van der Waals surface area contributed by atoms with E-state index in [9.17, 15) is 17.4 Å². The van der Waals surface area contributed by atoms with Crippen LogP contribution >= 0.6 is 11.6 Å². The number of nitrogens with zero attached hydrogens (tertiary/aromatic N) is 1. The van der Waals surface area contributed by atoms with E-state index in [1.165, 1.54) is 0 Å². The van der Waals surface area contributed by atoms with Gasteiger partial charge in [0.25, 0.3) is 0 Å². The second-order valence-electron chi connectivity index (χ2n) is 5.88. The standard InChI is InChI=1S/C20H17ClF3NO2S/c1-2-27-13-25-18(20(22,23)24)12-17(28(26)16-6-4-3-5-7-16)19(25)14-8-10-15(21)11-9-14/h3-12H,2,13H2,1H3. The predicted molar refractivity (Wildman–Crippen MR) is 103 cm³/mol. The molecular weight excluding hydrogens is 411 g/mol. The summed E-state index contributed by atoms with van der Waals surface area (Å²) in [6.07, 6.45) is -4.63. The van der Waals surface area contributed by atoms with Crippen LogP contribution in [0.25, 0.3) is 11.3 Å². The number of aromatic nitrogens is 1. The van der Waals surface area contributed by atoms with E-state index in [1.54, 1.807) is 61.5 Å². The monoisotopic (exact) mass is 427 g/mol. The summed E-state index contributed by atoms with van der Waals surface area (Å²) in [5, 5.41) is 0.452. The van der Waals surface area contributed by atoms with Crippen LogP contribution in [-0.2, 0) is 28.4 Å². The number of hydrogen-bond acceptors (Lipinski definition) is 2. The van der Waals surface area contributed by atoms with E-state index in [0.717, 1.165) is 10.6 Å². The third-order valence-electron chi connectivity index (χ3n) is 4.05. The van der Waals surface area contributed by atoms with Gasteiger partial charge in [0, 0.05) is 16.5 Å². The minimum absolute atomic E-state index is 0.0700. The Morgan fingerprint density at radius 3 is 2.29 bits per heavy atom. The van der Waals surface area contributed by atoms with Crippen LogP contribution in [0.1, 0.15) is 12.6 Å². The highest BCUT2D eigenvalue weighted by atomic mass is 35.5. The molecule has 0 N–H and O–H groups in total. The van der Waals surface area contributed by atoms with Gasteiger partial charge < -0.3 is 9.30 Å². The molecular formula is C20H17ClF3NO2S. The van der Waals surface area contributed by atoms with E-state index in [2.05, 4.69) is 0 Å². The van der Waals surface area contributed by atoms with Crippen molar-refractivity contribution in [1.29, 1.82) is 0 Å². The van der Waals surface area contributed by atoms with Crippen molar-refractivity contribution in [3.63, 3.8) is 0 Å². The van der Waals surface area contributed by atoms with Crippen molar-refractivity contribution in [3.05, 3.63) is 71.4 Å². The summed E-state index contributed by atoms with van der Waals surface area (Å²) >= 11 is 5.93. The molecule has 8 heteroatoms. The summed E-state index contributed by atoms with van der Waals surface area (Å²) < 4.78 is 60.6. The molecule has 1 heterocycles. The minimum atomic E-state index is -4.63. The van der Waals surface area contributed by atoms with Crippen LogP contribution in [0.4, 0.5) is 13.2 Å². The van der Waals surface area contributed by atoms with Gasteiger partial charge in [0.2, 0.25) is 0 Å². The highest BCUT2D eigenvalue weighted by molar-refractivity contribution is 7.85. The first kappa shape index (κ1) is 20.6. The fourth-order valence-corrected chi connectivity index (χ4v) is 4.20. The Balaban J connectivity index is 2.26. The maximum atomic E-state index is 13.7. The van der Waals surface area contributed by atoms with Crippen LogP contribution in [0, 0.1) is 0 Å². The number of benzene rings is 2. The SMILES string of the molecule is CCOCn1c(C(F)(F)F)cc(S(=O)c2ccccc2)c1-c1ccc(Cl)cc1. The van der Waals surface area contributed by atoms with Crippen LogP contribution in [0.5, 0.6) is 0 Å². The van der Waals surface area contributed by atoms with Gasteiger partial charge >= 0.3 is 6.18 Å². The zero-order valence-corrected chi connectivity index (χ0v) is 16.4. The van der Waals surface area contributed by atoms with Crippen LogP contribution in [-0.4, -0.2) is 15.4 Å². The van der Waals surface area contributed by atoms with Gasteiger partial charge in [-0.05, 0) is 42.8 Å². The topological polar surface area (TPSA) is 31.2 Å². The number of alkyl halides is 3. The van der Waals surface area contributed by atoms with Crippen LogP contribution in [0.2, 0.25) is 5.02 Å². The maximum Gasteiger partial charge on any atom is 0.431 e. The first-order valence-corrected chi connectivity index (χ1v) is 9.97. The predicted octanol–water partition coefficient (Wildman–Crippen LogP) is 5.99. The van der Waals surface area contributed by atoms with Crippen molar-refractivity contribution < 1.29 is 22.1 Å². The highest BCUT2D eigenvalue weighted by Gasteiger charge is 2.38. The van der Waals surface area contributed by atoms with Crippen LogP contribution in [0.3, 0.4) is 0 Å². The molecule has 0 saturated carbocycles. The number of ether oxygens (including phenoxy) is 1. The molecule has 1 atom stereocenters. The fourth-order valence-electron chi connectivity index (χ4n) is 2.79. The van der Waals surface area contributed by atoms with E-state index in [0.29, 0.717) is 15.5 Å². The lowest BCUT2D eigenvalue weighted by Gasteiger charge is -2.16. The quantitative estimate of drug-likeness (QED) is 0.484. The highest BCUT2D eigenvalue weighted by Crippen LogP contribution is 2.39. The molecule has 1 aromatic heterocycles. The van der Waals surface area contributed by atoms with Crippen LogP contribution < -0.4 is 0 Å². The van der Waals surface area contributed by atoms with Crippen molar-refractivity contribution in [2.45, 2.75) is 29.6 Å². The van der Waals surface area contributed by atoms with Gasteiger partial charge in [0.15, 0.2) is 0 Å². The Bertz CT molecular complexity index is 970. The molecule has 0 aliphatic carbocycles. The molecule has 3 nitrogen and oxygen atoms in total. The molecule has 0 radical (unpaired) electrons. The third-order valence-corrected chi connectivity index (χ3v) is 5.71. The van der Waals surface area contributed by atoms with Crippen LogP contribution in [0.15, 0.2) is 70.5 Å². The minimum Gasteiger partial charge on any atom is -0.361 e. The largest absolute Gasteiger partial charge is 0.431 e. The number of hydrogen-bond donors (Lipinski definition) is 0. The Kier molecular flexibility index (Phi) is 6.27. The fraction of sp³-hybridized carbons (Fsp3) is 0.200. The normalized spacial score (nSPS) is 12.9. The summed E-state index contributed by atoms with van der Waals surface area (Å²) in [6, 6.07) is 15.7. The second-order valence-corrected chi connectivity index (χ2v) is 7.76. The molecule has 0 aliphatic rings. The van der Waals surface area contributed by atoms with Crippen molar-refractivity contribution in [3.8, 4) is 11.3 Å². The first-order valence-electron chi connectivity index (χ1n) is 8.44. The summed E-state index contributed by atoms with van der Waals surface area (Å²) in [4.78, 5) is 0.487. The van der Waals surface area contributed by atoms with Crippen molar-refractivity contribution >= 4 is 22.4 Å². The first-order chi connectivity index (χ1) is 13.3. The molecule has 1 unspecified atom stereocenters. The van der Waals surface area contributed by atoms with E-state index in [4.69, 9.17) is 16.3 Å². The Morgan fingerprint density at radius 2 is 1.71 bits per heavy atom.